The van der Waals surface area contributed by atoms with E-state index in [1.165, 1.54) is 0 Å². The lowest BCUT2D eigenvalue weighted by atomic mass is 10.2. The number of carbonyl (C=O) groups excluding carboxylic acids is 1. The molecule has 1 amide bonds. The fourth-order valence-corrected chi connectivity index (χ4v) is 1.84. The average Bonchev–Trinajstić information content (AvgIpc) is 2.51. The largest absolute Gasteiger partial charge is 0.508 e. The number of amides is 1. The van der Waals surface area contributed by atoms with Gasteiger partial charge in [-0.05, 0) is 42.1 Å². The lowest BCUT2D eigenvalue weighted by molar-refractivity contribution is -0.115. The van der Waals surface area contributed by atoms with Crippen molar-refractivity contribution in [3.05, 3.63) is 33.9 Å². The Morgan fingerprint density at radius 3 is 2.75 bits per heavy atom. The van der Waals surface area contributed by atoms with E-state index >= 15 is 0 Å². The first kappa shape index (κ1) is 11.1. The van der Waals surface area contributed by atoms with Crippen molar-refractivity contribution in [3.8, 4) is 5.75 Å². The maximum absolute atomic E-state index is 11.4. The molecule has 82 valence electrons. The Labute approximate surface area is 105 Å². The summed E-state index contributed by atoms with van der Waals surface area (Å²) in [7, 11) is 0. The van der Waals surface area contributed by atoms with Crippen molar-refractivity contribution in [2.45, 2.75) is 0 Å². The molecule has 1 aromatic carbocycles. The maximum Gasteiger partial charge on any atom is 0.273 e. The third-order valence-electron chi connectivity index (χ3n) is 2.00. The van der Waals surface area contributed by atoms with Gasteiger partial charge in [-0.2, -0.15) is 0 Å². The Kier molecular flexibility index (Phi) is 2.93. The molecule has 0 atom stereocenters. The average molecular weight is 299 g/mol. The molecule has 1 saturated heterocycles. The molecule has 0 aromatic heterocycles. The summed E-state index contributed by atoms with van der Waals surface area (Å²) in [4.78, 5) is 11.4. The predicted octanol–water partition coefficient (Wildman–Crippen LogP) is 1.50. The second-order valence-electron chi connectivity index (χ2n) is 3.17. The number of halogens is 1. The SMILES string of the molecule is O=C1NC(=S)N/C1=C/c1cc(O)ccc1Br. The number of phenols is 1. The van der Waals surface area contributed by atoms with Gasteiger partial charge in [0, 0.05) is 4.47 Å². The molecule has 1 aliphatic heterocycles. The van der Waals surface area contributed by atoms with E-state index in [0.29, 0.717) is 11.3 Å². The van der Waals surface area contributed by atoms with Gasteiger partial charge in [0.05, 0.1) is 0 Å². The number of thiocarbonyl (C=S) groups is 1. The highest BCUT2D eigenvalue weighted by atomic mass is 79.9. The van der Waals surface area contributed by atoms with Gasteiger partial charge >= 0.3 is 0 Å². The normalized spacial score (nSPS) is 17.4. The highest BCUT2D eigenvalue weighted by Crippen LogP contribution is 2.24. The molecule has 0 radical (unpaired) electrons. The van der Waals surface area contributed by atoms with E-state index in [1.807, 2.05) is 0 Å². The Morgan fingerprint density at radius 1 is 1.38 bits per heavy atom. The second-order valence-corrected chi connectivity index (χ2v) is 4.43. The van der Waals surface area contributed by atoms with Crippen LogP contribution in [0.2, 0.25) is 0 Å². The van der Waals surface area contributed by atoms with Crippen molar-refractivity contribution >= 4 is 45.2 Å². The molecule has 1 aromatic rings. The zero-order valence-corrected chi connectivity index (χ0v) is 10.4. The summed E-state index contributed by atoms with van der Waals surface area (Å²) in [5.74, 6) is -0.142. The third-order valence-corrected chi connectivity index (χ3v) is 2.93. The minimum atomic E-state index is -0.278. The molecule has 2 rings (SSSR count). The molecule has 0 aliphatic carbocycles. The molecule has 16 heavy (non-hydrogen) atoms. The number of aromatic hydroxyl groups is 1. The monoisotopic (exact) mass is 298 g/mol. The molecule has 1 fully saturated rings. The first-order valence-electron chi connectivity index (χ1n) is 4.39. The summed E-state index contributed by atoms with van der Waals surface area (Å²) < 4.78 is 0.783. The fraction of sp³-hybridized carbons (Fsp3) is 0. The molecule has 6 heteroatoms. The van der Waals surface area contributed by atoms with E-state index in [-0.39, 0.29) is 16.8 Å². The molecule has 3 N–H and O–H groups in total. The summed E-state index contributed by atoms with van der Waals surface area (Å²) in [6.07, 6.45) is 1.61. The zero-order chi connectivity index (χ0) is 11.7. The van der Waals surface area contributed by atoms with Crippen molar-refractivity contribution in [1.29, 1.82) is 0 Å². The lowest BCUT2D eigenvalue weighted by Gasteiger charge is -2.01. The van der Waals surface area contributed by atoms with Crippen molar-refractivity contribution in [1.82, 2.24) is 10.6 Å². The van der Waals surface area contributed by atoms with Crippen LogP contribution >= 0.6 is 28.1 Å². The van der Waals surface area contributed by atoms with Crippen LogP contribution in [0.1, 0.15) is 5.56 Å². The number of hydrogen-bond acceptors (Lipinski definition) is 3. The van der Waals surface area contributed by atoms with Crippen molar-refractivity contribution in [2.24, 2.45) is 0 Å². The number of hydrogen-bond donors (Lipinski definition) is 3. The number of nitrogens with one attached hydrogen (secondary N) is 2. The van der Waals surface area contributed by atoms with Gasteiger partial charge in [0.25, 0.3) is 5.91 Å². The Balaban J connectivity index is 2.39. The molecule has 0 saturated carbocycles. The van der Waals surface area contributed by atoms with Gasteiger partial charge < -0.3 is 10.4 Å². The van der Waals surface area contributed by atoms with E-state index in [0.717, 1.165) is 4.47 Å². The van der Waals surface area contributed by atoms with Gasteiger partial charge in [-0.15, -0.1) is 0 Å². The molecule has 1 aliphatic rings. The van der Waals surface area contributed by atoms with Crippen LogP contribution in [0.5, 0.6) is 5.75 Å². The highest BCUT2D eigenvalue weighted by molar-refractivity contribution is 9.10. The number of phenolic OH excluding ortho intramolecular Hbond substituents is 1. The van der Waals surface area contributed by atoms with Crippen LogP contribution in [0, 0.1) is 0 Å². The first-order chi connectivity index (χ1) is 7.56. The zero-order valence-electron chi connectivity index (χ0n) is 7.95. The maximum atomic E-state index is 11.4. The highest BCUT2D eigenvalue weighted by Gasteiger charge is 2.20. The quantitative estimate of drug-likeness (QED) is 0.543. The molecular weight excluding hydrogens is 292 g/mol. The smallest absolute Gasteiger partial charge is 0.273 e. The number of carbonyl (C=O) groups is 1. The summed E-state index contributed by atoms with van der Waals surface area (Å²) >= 11 is 8.13. The molecule has 0 unspecified atom stereocenters. The van der Waals surface area contributed by atoms with E-state index in [1.54, 1.807) is 24.3 Å². The summed E-state index contributed by atoms with van der Waals surface area (Å²) in [5, 5.41) is 14.8. The van der Waals surface area contributed by atoms with Crippen molar-refractivity contribution in [3.63, 3.8) is 0 Å². The summed E-state index contributed by atoms with van der Waals surface area (Å²) in [5.41, 5.74) is 1.05. The first-order valence-corrected chi connectivity index (χ1v) is 5.59. The van der Waals surface area contributed by atoms with E-state index in [9.17, 15) is 9.90 Å². The van der Waals surface area contributed by atoms with Gasteiger partial charge in [-0.1, -0.05) is 15.9 Å². The fourth-order valence-electron chi connectivity index (χ4n) is 1.28. The second kappa shape index (κ2) is 4.23. The predicted molar refractivity (Wildman–Crippen MR) is 67.7 cm³/mol. The van der Waals surface area contributed by atoms with Crippen LogP contribution in [0.3, 0.4) is 0 Å². The molecule has 0 spiro atoms. The molecule has 4 nitrogen and oxygen atoms in total. The van der Waals surface area contributed by atoms with Gasteiger partial charge in [-0.25, -0.2) is 0 Å². The topological polar surface area (TPSA) is 61.4 Å². The minimum Gasteiger partial charge on any atom is -0.508 e. The minimum absolute atomic E-state index is 0.135. The Morgan fingerprint density at radius 2 is 2.12 bits per heavy atom. The van der Waals surface area contributed by atoms with Gasteiger partial charge in [-0.3, -0.25) is 10.1 Å². The van der Waals surface area contributed by atoms with Crippen molar-refractivity contribution in [2.75, 3.05) is 0 Å². The van der Waals surface area contributed by atoms with Crippen LogP contribution in [0.4, 0.5) is 0 Å². The van der Waals surface area contributed by atoms with Crippen LogP contribution in [-0.4, -0.2) is 16.1 Å². The third kappa shape index (κ3) is 2.23. The number of rotatable bonds is 1. The van der Waals surface area contributed by atoms with E-state index < -0.39 is 0 Å². The molecular formula is C10H7BrN2O2S. The summed E-state index contributed by atoms with van der Waals surface area (Å²) in [6, 6.07) is 4.80. The van der Waals surface area contributed by atoms with Gasteiger partial charge in [0.1, 0.15) is 11.4 Å². The van der Waals surface area contributed by atoms with Crippen LogP contribution in [0.25, 0.3) is 6.08 Å². The lowest BCUT2D eigenvalue weighted by Crippen LogP contribution is -2.21. The molecule has 0 bridgehead atoms. The Hall–Kier alpha value is -1.40. The van der Waals surface area contributed by atoms with Gasteiger partial charge in [0.2, 0.25) is 0 Å². The van der Waals surface area contributed by atoms with E-state index in [4.69, 9.17) is 12.2 Å². The summed E-state index contributed by atoms with van der Waals surface area (Å²) in [6.45, 7) is 0. The standard InChI is InChI=1S/C10H7BrN2O2S/c11-7-2-1-6(14)3-5(7)4-8-9(15)13-10(16)12-8/h1-4,14H,(H2,12,13,15,16)/b8-4+. The van der Waals surface area contributed by atoms with Gasteiger partial charge in [0.15, 0.2) is 5.11 Å². The molecule has 1 heterocycles. The van der Waals surface area contributed by atoms with Crippen LogP contribution in [-0.2, 0) is 4.79 Å². The Bertz CT molecular complexity index is 514. The number of benzene rings is 1. The van der Waals surface area contributed by atoms with E-state index in [2.05, 4.69) is 26.6 Å². The van der Waals surface area contributed by atoms with Crippen molar-refractivity contribution < 1.29 is 9.90 Å². The van der Waals surface area contributed by atoms with Crippen LogP contribution < -0.4 is 10.6 Å². The van der Waals surface area contributed by atoms with Crippen LogP contribution in [0.15, 0.2) is 28.4 Å².